The van der Waals surface area contributed by atoms with Gasteiger partial charge in [0.15, 0.2) is 0 Å². The standard InChI is InChI=1S/C16H23N3O3/c1-16(2,3)22-15(20)19-8-7-18-11-12-5-6-14(21-4)13(9-12)10-17/h5-6,9,18H,7-8,11H2,1-4H3,(H,19,20). The van der Waals surface area contributed by atoms with E-state index in [4.69, 9.17) is 14.7 Å². The van der Waals surface area contributed by atoms with Crippen molar-refractivity contribution in [1.82, 2.24) is 10.6 Å². The van der Waals surface area contributed by atoms with Gasteiger partial charge in [0.2, 0.25) is 0 Å². The number of rotatable bonds is 6. The van der Waals surface area contributed by atoms with Gasteiger partial charge in [-0.25, -0.2) is 4.79 Å². The van der Waals surface area contributed by atoms with Gasteiger partial charge in [-0.05, 0) is 38.5 Å². The highest BCUT2D eigenvalue weighted by molar-refractivity contribution is 5.67. The molecule has 2 N–H and O–H groups in total. The normalized spacial score (nSPS) is 10.7. The van der Waals surface area contributed by atoms with E-state index in [0.29, 0.717) is 30.9 Å². The molecule has 6 nitrogen and oxygen atoms in total. The monoisotopic (exact) mass is 305 g/mol. The molecule has 0 radical (unpaired) electrons. The van der Waals surface area contributed by atoms with E-state index >= 15 is 0 Å². The lowest BCUT2D eigenvalue weighted by Gasteiger charge is -2.19. The molecule has 0 aliphatic rings. The third-order valence-corrected chi connectivity index (χ3v) is 2.68. The molecule has 0 unspecified atom stereocenters. The minimum absolute atomic E-state index is 0.425. The second kappa shape index (κ2) is 8.25. The number of carbonyl (C=O) groups excluding carboxylic acids is 1. The number of carbonyl (C=O) groups is 1. The molecule has 1 rings (SSSR count). The maximum absolute atomic E-state index is 11.4. The van der Waals surface area contributed by atoms with Crippen molar-refractivity contribution in [3.05, 3.63) is 29.3 Å². The first-order valence-electron chi connectivity index (χ1n) is 7.10. The molecule has 0 saturated carbocycles. The first kappa shape index (κ1) is 17.8. The van der Waals surface area contributed by atoms with Crippen molar-refractivity contribution in [1.29, 1.82) is 5.26 Å². The zero-order valence-electron chi connectivity index (χ0n) is 13.5. The van der Waals surface area contributed by atoms with Crippen LogP contribution < -0.4 is 15.4 Å². The van der Waals surface area contributed by atoms with E-state index in [9.17, 15) is 4.79 Å². The Kier molecular flexibility index (Phi) is 6.67. The average Bonchev–Trinajstić information content (AvgIpc) is 2.44. The molecule has 1 aromatic rings. The van der Waals surface area contributed by atoms with Crippen molar-refractivity contribution in [2.75, 3.05) is 20.2 Å². The molecule has 0 saturated heterocycles. The van der Waals surface area contributed by atoms with Crippen LogP contribution in [0.1, 0.15) is 31.9 Å². The zero-order chi connectivity index (χ0) is 16.6. The van der Waals surface area contributed by atoms with Crippen molar-refractivity contribution in [2.45, 2.75) is 32.9 Å². The molecule has 120 valence electrons. The van der Waals surface area contributed by atoms with Crippen LogP contribution in [0.4, 0.5) is 4.79 Å². The summed E-state index contributed by atoms with van der Waals surface area (Å²) in [4.78, 5) is 11.4. The largest absolute Gasteiger partial charge is 0.495 e. The van der Waals surface area contributed by atoms with Crippen molar-refractivity contribution in [3.8, 4) is 11.8 Å². The third-order valence-electron chi connectivity index (χ3n) is 2.68. The van der Waals surface area contributed by atoms with Crippen LogP contribution in [0, 0.1) is 11.3 Å². The first-order chi connectivity index (χ1) is 10.4. The number of hydrogen-bond donors (Lipinski definition) is 2. The Morgan fingerprint density at radius 1 is 1.32 bits per heavy atom. The van der Waals surface area contributed by atoms with Crippen LogP contribution in [-0.2, 0) is 11.3 Å². The molecule has 0 aromatic heterocycles. The van der Waals surface area contributed by atoms with Crippen molar-refractivity contribution >= 4 is 6.09 Å². The lowest BCUT2D eigenvalue weighted by Crippen LogP contribution is -2.36. The topological polar surface area (TPSA) is 83.4 Å². The van der Waals surface area contributed by atoms with Gasteiger partial charge < -0.3 is 20.1 Å². The molecule has 6 heteroatoms. The number of nitriles is 1. The molecule has 0 heterocycles. The Hall–Kier alpha value is -2.26. The lowest BCUT2D eigenvalue weighted by molar-refractivity contribution is 0.0528. The van der Waals surface area contributed by atoms with Crippen molar-refractivity contribution in [2.24, 2.45) is 0 Å². The van der Waals surface area contributed by atoms with Gasteiger partial charge in [-0.1, -0.05) is 6.07 Å². The fraction of sp³-hybridized carbons (Fsp3) is 0.500. The van der Waals surface area contributed by atoms with E-state index in [0.717, 1.165) is 5.56 Å². The van der Waals surface area contributed by atoms with E-state index in [-0.39, 0.29) is 0 Å². The second-order valence-corrected chi connectivity index (χ2v) is 5.75. The Morgan fingerprint density at radius 3 is 2.64 bits per heavy atom. The quantitative estimate of drug-likeness (QED) is 0.787. The number of nitrogens with one attached hydrogen (secondary N) is 2. The van der Waals surface area contributed by atoms with E-state index in [1.165, 1.54) is 7.11 Å². The highest BCUT2D eigenvalue weighted by Gasteiger charge is 2.15. The smallest absolute Gasteiger partial charge is 0.407 e. The molecule has 0 aliphatic heterocycles. The molecule has 0 aliphatic carbocycles. The maximum Gasteiger partial charge on any atom is 0.407 e. The SMILES string of the molecule is COc1ccc(CNCCNC(=O)OC(C)(C)C)cc1C#N. The molecule has 0 bridgehead atoms. The van der Waals surface area contributed by atoms with E-state index < -0.39 is 11.7 Å². The van der Waals surface area contributed by atoms with Gasteiger partial charge in [-0.15, -0.1) is 0 Å². The Labute approximate surface area is 131 Å². The van der Waals surface area contributed by atoms with Gasteiger partial charge in [0.25, 0.3) is 0 Å². The summed E-state index contributed by atoms with van der Waals surface area (Å²) in [7, 11) is 1.54. The zero-order valence-corrected chi connectivity index (χ0v) is 13.5. The van der Waals surface area contributed by atoms with Crippen LogP contribution in [0.5, 0.6) is 5.75 Å². The summed E-state index contributed by atoms with van der Waals surface area (Å²) < 4.78 is 10.2. The first-order valence-corrected chi connectivity index (χ1v) is 7.10. The predicted molar refractivity (Wildman–Crippen MR) is 83.7 cm³/mol. The number of methoxy groups -OCH3 is 1. The van der Waals surface area contributed by atoms with Gasteiger partial charge in [0.1, 0.15) is 17.4 Å². The predicted octanol–water partition coefficient (Wildman–Crippen LogP) is 2.18. The summed E-state index contributed by atoms with van der Waals surface area (Å²) in [6.45, 7) is 7.14. The molecule has 1 aromatic carbocycles. The molecule has 0 fully saturated rings. The fourth-order valence-corrected chi connectivity index (χ4v) is 1.75. The van der Waals surface area contributed by atoms with E-state index in [2.05, 4.69) is 16.7 Å². The summed E-state index contributed by atoms with van der Waals surface area (Å²) in [6.07, 6.45) is -0.425. The lowest BCUT2D eigenvalue weighted by atomic mass is 10.1. The van der Waals surface area contributed by atoms with Crippen LogP contribution in [0.2, 0.25) is 0 Å². The molecular formula is C16H23N3O3. The Bertz CT molecular complexity index is 545. The van der Waals surface area contributed by atoms with E-state index in [1.54, 1.807) is 12.1 Å². The second-order valence-electron chi connectivity index (χ2n) is 5.75. The van der Waals surface area contributed by atoms with Gasteiger partial charge in [0.05, 0.1) is 12.7 Å². The van der Waals surface area contributed by atoms with Gasteiger partial charge in [-0.2, -0.15) is 5.26 Å². The van der Waals surface area contributed by atoms with E-state index in [1.807, 2.05) is 26.8 Å². The number of benzene rings is 1. The highest BCUT2D eigenvalue weighted by atomic mass is 16.6. The minimum atomic E-state index is -0.492. The fourth-order valence-electron chi connectivity index (χ4n) is 1.75. The molecule has 0 spiro atoms. The van der Waals surface area contributed by atoms with Crippen LogP contribution in [0.25, 0.3) is 0 Å². The van der Waals surface area contributed by atoms with Gasteiger partial charge >= 0.3 is 6.09 Å². The molecule has 22 heavy (non-hydrogen) atoms. The average molecular weight is 305 g/mol. The van der Waals surface area contributed by atoms with Crippen molar-refractivity contribution in [3.63, 3.8) is 0 Å². The molecular weight excluding hydrogens is 282 g/mol. The molecule has 1 amide bonds. The number of hydrogen-bond acceptors (Lipinski definition) is 5. The summed E-state index contributed by atoms with van der Waals surface area (Å²) >= 11 is 0. The van der Waals surface area contributed by atoms with Gasteiger partial charge in [-0.3, -0.25) is 0 Å². The number of nitrogens with zero attached hydrogens (tertiary/aromatic N) is 1. The summed E-state index contributed by atoms with van der Waals surface area (Å²) in [5.41, 5.74) is 0.997. The maximum atomic E-state index is 11.4. The van der Waals surface area contributed by atoms with Crippen LogP contribution in [0.15, 0.2) is 18.2 Å². The minimum Gasteiger partial charge on any atom is -0.495 e. The number of amides is 1. The summed E-state index contributed by atoms with van der Waals surface area (Å²) in [5, 5.41) is 14.9. The number of ether oxygens (including phenoxy) is 2. The van der Waals surface area contributed by atoms with Gasteiger partial charge in [0, 0.05) is 19.6 Å². The Balaban J connectivity index is 2.31. The Morgan fingerprint density at radius 2 is 2.05 bits per heavy atom. The highest BCUT2D eigenvalue weighted by Crippen LogP contribution is 2.18. The third kappa shape index (κ3) is 6.46. The van der Waals surface area contributed by atoms with Crippen LogP contribution in [0.3, 0.4) is 0 Å². The van der Waals surface area contributed by atoms with Crippen molar-refractivity contribution < 1.29 is 14.3 Å². The van der Waals surface area contributed by atoms with Crippen LogP contribution >= 0.6 is 0 Å². The number of alkyl carbamates (subject to hydrolysis) is 1. The summed E-state index contributed by atoms with van der Waals surface area (Å²) in [5.74, 6) is 0.567. The van der Waals surface area contributed by atoms with Crippen LogP contribution in [-0.4, -0.2) is 31.9 Å². The molecule has 0 atom stereocenters. The summed E-state index contributed by atoms with van der Waals surface area (Å²) in [6, 6.07) is 7.55.